The maximum Gasteiger partial charge on any atom is 0.122 e. The van der Waals surface area contributed by atoms with Gasteiger partial charge in [0.1, 0.15) is 6.17 Å². The molecule has 5 heteroatoms. The number of aromatic nitrogens is 1. The zero-order chi connectivity index (χ0) is 18.5. The summed E-state index contributed by atoms with van der Waals surface area (Å²) in [5.41, 5.74) is 4.50. The molecule has 1 saturated heterocycles. The van der Waals surface area contributed by atoms with Gasteiger partial charge in [-0.15, -0.1) is 0 Å². The monoisotopic (exact) mass is 419 g/mol. The van der Waals surface area contributed by atoms with Crippen molar-refractivity contribution in [3.63, 3.8) is 0 Å². The first-order valence-corrected chi connectivity index (χ1v) is 10.1. The number of H-pyrrole nitrogens is 1. The standard InChI is InChI=1S/C21H27BrFN3/c1-24-12-3-6-18-19(22)21(15-5-4-13-26(2)14-11-15)25-20(18)16-7-9-17(23)10-8-16/h3,6-9,12,15,17,25H,4-5,10-11,13-14H2,1-2H3/b6-3+,24-12?. The summed E-state index contributed by atoms with van der Waals surface area (Å²) in [5.74, 6) is 0.511. The van der Waals surface area contributed by atoms with Gasteiger partial charge < -0.3 is 9.88 Å². The largest absolute Gasteiger partial charge is 0.357 e. The van der Waals surface area contributed by atoms with Gasteiger partial charge in [0, 0.05) is 41.3 Å². The maximum atomic E-state index is 13.5. The predicted octanol–water partition coefficient (Wildman–Crippen LogP) is 5.37. The first-order valence-electron chi connectivity index (χ1n) is 9.31. The normalized spacial score (nSPS) is 25.2. The second-order valence-electron chi connectivity index (χ2n) is 7.11. The molecule has 2 heterocycles. The number of likely N-dealkylation sites (tertiary alicyclic amines) is 1. The van der Waals surface area contributed by atoms with Gasteiger partial charge in [-0.3, -0.25) is 4.99 Å². The van der Waals surface area contributed by atoms with E-state index in [0.29, 0.717) is 12.3 Å². The molecular weight excluding hydrogens is 393 g/mol. The first kappa shape index (κ1) is 19.3. The quantitative estimate of drug-likeness (QED) is 0.653. The molecule has 1 aliphatic heterocycles. The van der Waals surface area contributed by atoms with Crippen LogP contribution in [0, 0.1) is 0 Å². The Morgan fingerprint density at radius 3 is 2.92 bits per heavy atom. The van der Waals surface area contributed by atoms with Crippen molar-refractivity contribution in [2.45, 2.75) is 37.8 Å². The van der Waals surface area contributed by atoms with Gasteiger partial charge in [0.25, 0.3) is 0 Å². The van der Waals surface area contributed by atoms with Crippen molar-refractivity contribution in [2.24, 2.45) is 4.99 Å². The molecule has 1 aliphatic carbocycles. The number of allylic oxidation sites excluding steroid dienone is 5. The van der Waals surface area contributed by atoms with E-state index in [1.54, 1.807) is 19.3 Å². The summed E-state index contributed by atoms with van der Waals surface area (Å²) in [6, 6.07) is 0. The van der Waals surface area contributed by atoms with Crippen molar-refractivity contribution in [1.82, 2.24) is 9.88 Å². The molecule has 3 rings (SSSR count). The molecule has 0 amide bonds. The summed E-state index contributed by atoms with van der Waals surface area (Å²) in [4.78, 5) is 10.1. The van der Waals surface area contributed by atoms with Gasteiger partial charge >= 0.3 is 0 Å². The summed E-state index contributed by atoms with van der Waals surface area (Å²) in [6.45, 7) is 2.28. The lowest BCUT2D eigenvalue weighted by atomic mass is 9.96. The highest BCUT2D eigenvalue weighted by Crippen LogP contribution is 2.39. The van der Waals surface area contributed by atoms with Crippen LogP contribution in [0.1, 0.15) is 48.6 Å². The smallest absolute Gasteiger partial charge is 0.122 e. The van der Waals surface area contributed by atoms with Crippen molar-refractivity contribution in [3.8, 4) is 0 Å². The molecular formula is C21H27BrFN3. The maximum absolute atomic E-state index is 13.5. The van der Waals surface area contributed by atoms with Crippen LogP contribution in [0.4, 0.5) is 4.39 Å². The molecule has 0 spiro atoms. The van der Waals surface area contributed by atoms with Crippen LogP contribution in [0.15, 0.2) is 33.8 Å². The molecule has 0 bridgehead atoms. The average Bonchev–Trinajstić information content (AvgIpc) is 2.80. The topological polar surface area (TPSA) is 31.4 Å². The Labute approximate surface area is 163 Å². The van der Waals surface area contributed by atoms with E-state index in [4.69, 9.17) is 0 Å². The number of nitrogens with zero attached hydrogens (tertiary/aromatic N) is 2. The number of hydrogen-bond donors (Lipinski definition) is 1. The van der Waals surface area contributed by atoms with E-state index in [-0.39, 0.29) is 0 Å². The molecule has 1 aromatic heterocycles. The minimum absolute atomic E-state index is 0.436. The average molecular weight is 420 g/mol. The molecule has 2 unspecified atom stereocenters. The molecule has 26 heavy (non-hydrogen) atoms. The Morgan fingerprint density at radius 2 is 2.19 bits per heavy atom. The van der Waals surface area contributed by atoms with E-state index < -0.39 is 6.17 Å². The van der Waals surface area contributed by atoms with E-state index in [1.165, 1.54) is 18.5 Å². The van der Waals surface area contributed by atoms with Crippen LogP contribution in [0.3, 0.4) is 0 Å². The van der Waals surface area contributed by atoms with E-state index in [9.17, 15) is 4.39 Å². The van der Waals surface area contributed by atoms with Gasteiger partial charge in [-0.2, -0.15) is 0 Å². The van der Waals surface area contributed by atoms with Crippen LogP contribution >= 0.6 is 15.9 Å². The number of rotatable bonds is 4. The van der Waals surface area contributed by atoms with E-state index in [2.05, 4.69) is 43.9 Å². The van der Waals surface area contributed by atoms with Crippen molar-refractivity contribution in [2.75, 3.05) is 27.2 Å². The Kier molecular flexibility index (Phi) is 6.65. The zero-order valence-electron chi connectivity index (χ0n) is 15.5. The molecule has 140 valence electrons. The number of halogens is 2. The highest BCUT2D eigenvalue weighted by molar-refractivity contribution is 9.10. The molecule has 0 aromatic carbocycles. The van der Waals surface area contributed by atoms with Gasteiger partial charge in [0.05, 0.1) is 5.69 Å². The third kappa shape index (κ3) is 4.44. The van der Waals surface area contributed by atoms with Gasteiger partial charge in [0.2, 0.25) is 0 Å². The summed E-state index contributed by atoms with van der Waals surface area (Å²) in [7, 11) is 3.96. The van der Waals surface area contributed by atoms with E-state index in [1.807, 2.05) is 18.2 Å². The van der Waals surface area contributed by atoms with Gasteiger partial charge in [-0.1, -0.05) is 18.2 Å². The second kappa shape index (κ2) is 8.96. The second-order valence-corrected chi connectivity index (χ2v) is 7.90. The fourth-order valence-electron chi connectivity index (χ4n) is 3.71. The highest BCUT2D eigenvalue weighted by Gasteiger charge is 2.24. The molecule has 3 nitrogen and oxygen atoms in total. The Hall–Kier alpha value is -1.46. The van der Waals surface area contributed by atoms with Crippen LogP contribution in [0.2, 0.25) is 0 Å². The van der Waals surface area contributed by atoms with Crippen LogP contribution in [-0.4, -0.2) is 49.5 Å². The third-order valence-electron chi connectivity index (χ3n) is 5.20. The summed E-state index contributed by atoms with van der Waals surface area (Å²) in [5, 5.41) is 0. The van der Waals surface area contributed by atoms with Gasteiger partial charge in [-0.05, 0) is 73.1 Å². The molecule has 1 N–H and O–H groups in total. The number of aromatic amines is 1. The minimum atomic E-state index is -0.875. The predicted molar refractivity (Wildman–Crippen MR) is 113 cm³/mol. The van der Waals surface area contributed by atoms with Crippen LogP contribution in [-0.2, 0) is 0 Å². The zero-order valence-corrected chi connectivity index (χ0v) is 17.1. The summed E-state index contributed by atoms with van der Waals surface area (Å²) in [6.07, 6.45) is 14.4. The Balaban J connectivity index is 1.98. The molecule has 0 radical (unpaired) electrons. The lowest BCUT2D eigenvalue weighted by Gasteiger charge is -2.14. The Bertz CT molecular complexity index is 745. The SMILES string of the molecule is CN=C/C=C/c1c(C2=CCC(F)C=C2)[nH]c(C2CCCN(C)CC2)c1Br. The fraction of sp³-hybridized carbons (Fsp3) is 0.476. The molecule has 1 aromatic rings. The highest BCUT2D eigenvalue weighted by atomic mass is 79.9. The lowest BCUT2D eigenvalue weighted by molar-refractivity contribution is 0.347. The molecule has 2 aliphatic rings. The summed E-state index contributed by atoms with van der Waals surface area (Å²) >= 11 is 3.84. The fourth-order valence-corrected chi connectivity index (χ4v) is 4.46. The van der Waals surface area contributed by atoms with Gasteiger partial charge in [0.15, 0.2) is 0 Å². The minimum Gasteiger partial charge on any atom is -0.357 e. The number of alkyl halides is 1. The number of hydrogen-bond acceptors (Lipinski definition) is 2. The van der Waals surface area contributed by atoms with Crippen LogP contribution < -0.4 is 0 Å². The molecule has 1 fully saturated rings. The van der Waals surface area contributed by atoms with Crippen LogP contribution in [0.5, 0.6) is 0 Å². The molecule has 2 atom stereocenters. The first-order chi connectivity index (χ1) is 12.6. The van der Waals surface area contributed by atoms with Crippen molar-refractivity contribution in [1.29, 1.82) is 0 Å². The Morgan fingerprint density at radius 1 is 1.35 bits per heavy atom. The molecule has 0 saturated carbocycles. The van der Waals surface area contributed by atoms with Crippen molar-refractivity contribution in [3.05, 3.63) is 45.7 Å². The van der Waals surface area contributed by atoms with E-state index in [0.717, 1.165) is 40.8 Å². The van der Waals surface area contributed by atoms with Crippen LogP contribution in [0.25, 0.3) is 11.6 Å². The third-order valence-corrected chi connectivity index (χ3v) is 6.05. The van der Waals surface area contributed by atoms with Gasteiger partial charge in [-0.25, -0.2) is 4.39 Å². The van der Waals surface area contributed by atoms with Crippen molar-refractivity contribution >= 4 is 33.8 Å². The number of nitrogens with one attached hydrogen (secondary N) is 1. The van der Waals surface area contributed by atoms with Crippen molar-refractivity contribution < 1.29 is 4.39 Å². The summed E-state index contributed by atoms with van der Waals surface area (Å²) < 4.78 is 14.6. The van der Waals surface area contributed by atoms with E-state index >= 15 is 0 Å². The lowest BCUT2D eigenvalue weighted by Crippen LogP contribution is -2.18. The number of aliphatic imine (C=N–C) groups is 1.